The predicted molar refractivity (Wildman–Crippen MR) is 130 cm³/mol. The van der Waals surface area contributed by atoms with E-state index in [1.807, 2.05) is 0 Å². The topological polar surface area (TPSA) is 91.7 Å². The van der Waals surface area contributed by atoms with Crippen molar-refractivity contribution in [2.24, 2.45) is 0 Å². The number of likely N-dealkylation sites (N-methyl/N-ethyl adjacent to an activating group) is 1. The third-order valence-electron chi connectivity index (χ3n) is 5.37. The molecule has 1 heterocycles. The molecule has 180 valence electrons. The number of nitrogens with zero attached hydrogens (tertiary/aromatic N) is 3. The van der Waals surface area contributed by atoms with Gasteiger partial charge >= 0.3 is 10.2 Å². The number of hydrogen-bond donors (Lipinski definition) is 1. The maximum Gasteiger partial charge on any atom is 0.307 e. The monoisotopic (exact) mass is 486 g/mol. The van der Waals surface area contributed by atoms with Crippen LogP contribution >= 0.6 is 0 Å². The first-order valence-corrected chi connectivity index (χ1v) is 12.1. The van der Waals surface area contributed by atoms with Crippen LogP contribution in [0.1, 0.15) is 29.8 Å². The molecule has 10 heteroatoms. The van der Waals surface area contributed by atoms with Crippen molar-refractivity contribution in [3.05, 3.63) is 77.4 Å². The standard InChI is InChI=1S/C24H27FN4O4S/c1-5-28(6-2)24(31)21(26-23(30)19-12-7-9-13-20(19)25)15-17-16-29(34(32,33)27(3)4)22-14-10-8-11-18(17)22/h7-16H,5-6H2,1-4H3,(H,26,30)/b21-15-. The number of nitrogens with one attached hydrogen (secondary N) is 1. The summed E-state index contributed by atoms with van der Waals surface area (Å²) in [6.07, 6.45) is 2.81. The second-order valence-corrected chi connectivity index (χ2v) is 9.68. The third kappa shape index (κ3) is 4.87. The summed E-state index contributed by atoms with van der Waals surface area (Å²) in [5.41, 5.74) is 0.517. The molecule has 3 aromatic rings. The molecule has 0 atom stereocenters. The maximum absolute atomic E-state index is 14.2. The van der Waals surface area contributed by atoms with E-state index in [2.05, 4.69) is 5.32 Å². The Bertz CT molecular complexity index is 1360. The van der Waals surface area contributed by atoms with Gasteiger partial charge in [0, 0.05) is 44.3 Å². The number of hydrogen-bond acceptors (Lipinski definition) is 4. The molecule has 2 amide bonds. The smallest absolute Gasteiger partial charge is 0.307 e. The van der Waals surface area contributed by atoms with Crippen molar-refractivity contribution in [1.82, 2.24) is 18.5 Å². The van der Waals surface area contributed by atoms with Crippen LogP contribution in [0.15, 0.2) is 60.4 Å². The summed E-state index contributed by atoms with van der Waals surface area (Å²) in [7, 11) is -1.01. The fourth-order valence-corrected chi connectivity index (χ4v) is 4.49. The number of benzene rings is 2. The van der Waals surface area contributed by atoms with Gasteiger partial charge < -0.3 is 10.2 Å². The Balaban J connectivity index is 2.18. The van der Waals surface area contributed by atoms with Gasteiger partial charge in [-0.15, -0.1) is 0 Å². The zero-order valence-corrected chi connectivity index (χ0v) is 20.3. The fourth-order valence-electron chi connectivity index (χ4n) is 3.48. The Hall–Kier alpha value is -3.50. The highest BCUT2D eigenvalue weighted by molar-refractivity contribution is 7.87. The number of carbonyl (C=O) groups excluding carboxylic acids is 2. The summed E-state index contributed by atoms with van der Waals surface area (Å²) >= 11 is 0. The van der Waals surface area contributed by atoms with Crippen molar-refractivity contribution in [3.63, 3.8) is 0 Å². The van der Waals surface area contributed by atoms with Crippen LogP contribution in [0.2, 0.25) is 0 Å². The van der Waals surface area contributed by atoms with Crippen LogP contribution in [0.25, 0.3) is 17.0 Å². The van der Waals surface area contributed by atoms with Gasteiger partial charge in [0.25, 0.3) is 11.8 Å². The van der Waals surface area contributed by atoms with E-state index >= 15 is 0 Å². The van der Waals surface area contributed by atoms with Gasteiger partial charge in [0.1, 0.15) is 11.5 Å². The van der Waals surface area contributed by atoms with E-state index in [1.165, 1.54) is 49.5 Å². The Morgan fingerprint density at radius 1 is 1.03 bits per heavy atom. The Morgan fingerprint density at radius 2 is 1.65 bits per heavy atom. The van der Waals surface area contributed by atoms with Crippen LogP contribution in [-0.4, -0.2) is 60.6 Å². The van der Waals surface area contributed by atoms with Crippen molar-refractivity contribution in [2.75, 3.05) is 27.2 Å². The molecule has 2 aromatic carbocycles. The molecule has 0 aliphatic heterocycles. The van der Waals surface area contributed by atoms with E-state index in [0.717, 1.165) is 14.3 Å². The van der Waals surface area contributed by atoms with Crippen LogP contribution in [0.5, 0.6) is 0 Å². The van der Waals surface area contributed by atoms with Gasteiger partial charge in [-0.1, -0.05) is 30.3 Å². The summed E-state index contributed by atoms with van der Waals surface area (Å²) in [5.74, 6) is -1.97. The minimum absolute atomic E-state index is 0.0953. The second-order valence-electron chi connectivity index (χ2n) is 7.66. The molecule has 0 saturated carbocycles. The first kappa shape index (κ1) is 25.1. The average molecular weight is 487 g/mol. The highest BCUT2D eigenvalue weighted by atomic mass is 32.2. The van der Waals surface area contributed by atoms with E-state index in [9.17, 15) is 22.4 Å². The van der Waals surface area contributed by atoms with Gasteiger partial charge in [-0.25, -0.2) is 8.36 Å². The molecule has 34 heavy (non-hydrogen) atoms. The molecule has 0 spiro atoms. The summed E-state index contributed by atoms with van der Waals surface area (Å²) in [6.45, 7) is 4.37. The predicted octanol–water partition coefficient (Wildman–Crippen LogP) is 3.07. The van der Waals surface area contributed by atoms with Crippen molar-refractivity contribution < 1.29 is 22.4 Å². The van der Waals surface area contributed by atoms with E-state index in [0.29, 0.717) is 29.6 Å². The zero-order chi connectivity index (χ0) is 25.0. The zero-order valence-electron chi connectivity index (χ0n) is 19.4. The van der Waals surface area contributed by atoms with Gasteiger partial charge in [-0.05, 0) is 38.1 Å². The molecule has 0 fully saturated rings. The lowest BCUT2D eigenvalue weighted by Gasteiger charge is -2.21. The SMILES string of the molecule is CCN(CC)C(=O)/C(=C/c1cn(S(=O)(=O)N(C)C)c2ccccc12)NC(=O)c1ccccc1F. The molecule has 0 radical (unpaired) electrons. The number of amides is 2. The molecular formula is C24H27FN4O4S. The third-order valence-corrected chi connectivity index (χ3v) is 7.09. The molecular weight excluding hydrogens is 459 g/mol. The van der Waals surface area contributed by atoms with E-state index in [-0.39, 0.29) is 11.3 Å². The number of para-hydroxylation sites is 1. The quantitative estimate of drug-likeness (QED) is 0.496. The Kier molecular flexibility index (Phi) is 7.53. The molecule has 0 aliphatic carbocycles. The Labute approximate surface area is 198 Å². The molecule has 0 unspecified atom stereocenters. The molecule has 0 saturated heterocycles. The van der Waals surface area contributed by atoms with Crippen molar-refractivity contribution in [3.8, 4) is 0 Å². The van der Waals surface area contributed by atoms with Gasteiger partial charge in [-0.3, -0.25) is 9.59 Å². The minimum atomic E-state index is -3.85. The van der Waals surface area contributed by atoms with Crippen LogP contribution in [0.4, 0.5) is 4.39 Å². The molecule has 8 nitrogen and oxygen atoms in total. The molecule has 1 N–H and O–H groups in total. The highest BCUT2D eigenvalue weighted by Crippen LogP contribution is 2.26. The summed E-state index contributed by atoms with van der Waals surface area (Å²) in [6, 6.07) is 12.3. The molecule has 0 bridgehead atoms. The van der Waals surface area contributed by atoms with E-state index < -0.39 is 27.8 Å². The lowest BCUT2D eigenvalue weighted by molar-refractivity contribution is -0.127. The number of carbonyl (C=O) groups is 2. The lowest BCUT2D eigenvalue weighted by Crippen LogP contribution is -2.38. The molecule has 3 rings (SSSR count). The van der Waals surface area contributed by atoms with Crippen molar-refractivity contribution in [1.29, 1.82) is 0 Å². The normalized spacial score (nSPS) is 12.2. The van der Waals surface area contributed by atoms with Crippen molar-refractivity contribution in [2.45, 2.75) is 13.8 Å². The number of rotatable bonds is 8. The number of halogens is 1. The molecule has 1 aromatic heterocycles. The van der Waals surface area contributed by atoms with E-state index in [1.54, 1.807) is 38.1 Å². The van der Waals surface area contributed by atoms with Crippen LogP contribution in [-0.2, 0) is 15.0 Å². The number of aromatic nitrogens is 1. The van der Waals surface area contributed by atoms with E-state index in [4.69, 9.17) is 0 Å². The summed E-state index contributed by atoms with van der Waals surface area (Å²) in [4.78, 5) is 27.5. The van der Waals surface area contributed by atoms with Crippen molar-refractivity contribution >= 4 is 39.0 Å². The Morgan fingerprint density at radius 3 is 2.26 bits per heavy atom. The highest BCUT2D eigenvalue weighted by Gasteiger charge is 2.24. The van der Waals surface area contributed by atoms with Gasteiger partial charge in [0.05, 0.1) is 11.1 Å². The maximum atomic E-state index is 14.2. The van der Waals surface area contributed by atoms with Gasteiger partial charge in [0.15, 0.2) is 0 Å². The summed E-state index contributed by atoms with van der Waals surface area (Å²) < 4.78 is 42.1. The van der Waals surface area contributed by atoms with Gasteiger partial charge in [-0.2, -0.15) is 12.7 Å². The largest absolute Gasteiger partial charge is 0.338 e. The van der Waals surface area contributed by atoms with Crippen LogP contribution < -0.4 is 5.32 Å². The average Bonchev–Trinajstić information content (AvgIpc) is 3.18. The van der Waals surface area contributed by atoms with Crippen LogP contribution in [0.3, 0.4) is 0 Å². The van der Waals surface area contributed by atoms with Crippen LogP contribution in [0, 0.1) is 5.82 Å². The lowest BCUT2D eigenvalue weighted by atomic mass is 10.1. The molecule has 0 aliphatic rings. The first-order valence-electron chi connectivity index (χ1n) is 10.7. The second kappa shape index (κ2) is 10.2. The summed E-state index contributed by atoms with van der Waals surface area (Å²) in [5, 5.41) is 3.10. The number of fused-ring (bicyclic) bond motifs is 1. The fraction of sp³-hybridized carbons (Fsp3) is 0.250. The van der Waals surface area contributed by atoms with Gasteiger partial charge in [0.2, 0.25) is 0 Å². The minimum Gasteiger partial charge on any atom is -0.338 e. The first-order chi connectivity index (χ1) is 16.1.